The molecule has 1 heterocycles. The Kier molecular flexibility index (Phi) is 2.09. The van der Waals surface area contributed by atoms with E-state index in [-0.39, 0.29) is 0 Å². The average Bonchev–Trinajstić information content (AvgIpc) is 3.16. The predicted octanol–water partition coefficient (Wildman–Crippen LogP) is 3.63. The molecule has 3 fully saturated rings. The summed E-state index contributed by atoms with van der Waals surface area (Å²) in [5.74, 6) is 2.88. The van der Waals surface area contributed by atoms with Crippen LogP contribution >= 0.6 is 0 Å². The Morgan fingerprint density at radius 1 is 1.30 bits per heavy atom. The number of hydrogen-bond acceptors (Lipinski definition) is 2. The first-order valence-electron chi connectivity index (χ1n) is 8.14. The number of rotatable bonds is 0. The average molecular weight is 270 g/mol. The molecule has 0 spiro atoms. The molecule has 2 saturated carbocycles. The van der Waals surface area contributed by atoms with Crippen molar-refractivity contribution >= 4 is 0 Å². The van der Waals surface area contributed by atoms with Crippen molar-refractivity contribution in [1.82, 2.24) is 0 Å². The molecule has 0 bridgehead atoms. The van der Waals surface area contributed by atoms with Crippen molar-refractivity contribution in [2.24, 2.45) is 17.3 Å². The Morgan fingerprint density at radius 2 is 2.20 bits per heavy atom. The third kappa shape index (κ3) is 1.34. The lowest BCUT2D eigenvalue weighted by molar-refractivity contribution is 0.00418. The van der Waals surface area contributed by atoms with Crippen LogP contribution in [-0.2, 0) is 11.2 Å². The molecule has 3 aliphatic carbocycles. The van der Waals surface area contributed by atoms with Crippen molar-refractivity contribution in [3.05, 3.63) is 29.3 Å². The summed E-state index contributed by atoms with van der Waals surface area (Å²) in [7, 11) is 0. The highest BCUT2D eigenvalue weighted by atomic mass is 16.6. The van der Waals surface area contributed by atoms with E-state index in [1.54, 1.807) is 0 Å². The van der Waals surface area contributed by atoms with Crippen LogP contribution in [0.1, 0.15) is 49.7 Å². The van der Waals surface area contributed by atoms with Crippen LogP contribution in [0.25, 0.3) is 0 Å². The van der Waals surface area contributed by atoms with Crippen LogP contribution in [0.3, 0.4) is 0 Å². The first kappa shape index (κ1) is 11.6. The monoisotopic (exact) mass is 270 g/mol. The van der Waals surface area contributed by atoms with Gasteiger partial charge in [-0.2, -0.15) is 0 Å². The molecule has 1 N–H and O–H groups in total. The zero-order valence-electron chi connectivity index (χ0n) is 12.0. The lowest BCUT2D eigenvalue weighted by atomic mass is 9.55. The van der Waals surface area contributed by atoms with Gasteiger partial charge < -0.3 is 9.84 Å². The molecule has 1 saturated heterocycles. The minimum Gasteiger partial charge on any atom is -0.508 e. The molecule has 6 atom stereocenters. The van der Waals surface area contributed by atoms with E-state index in [1.165, 1.54) is 36.8 Å². The van der Waals surface area contributed by atoms with Crippen molar-refractivity contribution in [2.75, 3.05) is 0 Å². The molecule has 1 aromatic rings. The Labute approximate surface area is 120 Å². The third-order valence-electron chi connectivity index (χ3n) is 6.87. The Balaban J connectivity index is 1.54. The van der Waals surface area contributed by atoms with Gasteiger partial charge >= 0.3 is 0 Å². The number of epoxide rings is 1. The highest BCUT2D eigenvalue weighted by Crippen LogP contribution is 2.66. The molecule has 1 aliphatic heterocycles. The molecule has 20 heavy (non-hydrogen) atoms. The molecule has 2 heteroatoms. The van der Waals surface area contributed by atoms with Crippen LogP contribution in [0.5, 0.6) is 5.75 Å². The van der Waals surface area contributed by atoms with E-state index in [1.807, 2.05) is 12.1 Å². The predicted molar refractivity (Wildman–Crippen MR) is 76.8 cm³/mol. The van der Waals surface area contributed by atoms with Crippen LogP contribution in [0.15, 0.2) is 18.2 Å². The van der Waals surface area contributed by atoms with Gasteiger partial charge in [-0.1, -0.05) is 13.0 Å². The van der Waals surface area contributed by atoms with E-state index in [0.717, 1.165) is 24.2 Å². The van der Waals surface area contributed by atoms with Gasteiger partial charge in [-0.3, -0.25) is 0 Å². The van der Waals surface area contributed by atoms with Gasteiger partial charge in [0.1, 0.15) is 5.75 Å². The normalized spacial score (nSPS) is 48.0. The first-order chi connectivity index (χ1) is 9.67. The smallest absolute Gasteiger partial charge is 0.115 e. The summed E-state index contributed by atoms with van der Waals surface area (Å²) in [4.78, 5) is 0. The lowest BCUT2D eigenvalue weighted by Crippen LogP contribution is -2.42. The summed E-state index contributed by atoms with van der Waals surface area (Å²) in [5.41, 5.74) is 3.39. The fourth-order valence-corrected chi connectivity index (χ4v) is 5.87. The number of phenols is 1. The Hall–Kier alpha value is -1.02. The maximum Gasteiger partial charge on any atom is 0.115 e. The highest BCUT2D eigenvalue weighted by molar-refractivity contribution is 5.40. The van der Waals surface area contributed by atoms with Crippen LogP contribution in [-0.4, -0.2) is 17.3 Å². The van der Waals surface area contributed by atoms with Gasteiger partial charge in [0, 0.05) is 0 Å². The summed E-state index contributed by atoms with van der Waals surface area (Å²) < 4.78 is 5.86. The summed E-state index contributed by atoms with van der Waals surface area (Å²) in [6.07, 6.45) is 7.55. The molecule has 4 aliphatic rings. The molecular weight excluding hydrogens is 248 g/mol. The molecule has 1 unspecified atom stereocenters. The quantitative estimate of drug-likeness (QED) is 0.730. The highest BCUT2D eigenvalue weighted by Gasteiger charge is 2.66. The van der Waals surface area contributed by atoms with E-state index in [9.17, 15) is 5.11 Å². The van der Waals surface area contributed by atoms with Gasteiger partial charge in [0.05, 0.1) is 12.2 Å². The standard InChI is InChI=1S/C18H22O2/c1-18-7-6-13-12-5-3-11(19)8-10(12)2-4-14(13)15(18)9-16-17(18)20-16/h3,5,8,13-17,19H,2,4,6-7,9H2,1H3/t13-,14-,15+,16?,17-,18+/m1/s1. The molecule has 0 aromatic heterocycles. The van der Waals surface area contributed by atoms with Crippen molar-refractivity contribution in [2.45, 2.75) is 57.2 Å². The maximum atomic E-state index is 9.70. The van der Waals surface area contributed by atoms with Gasteiger partial charge in [-0.15, -0.1) is 0 Å². The number of benzene rings is 1. The van der Waals surface area contributed by atoms with E-state index in [4.69, 9.17) is 4.74 Å². The zero-order valence-corrected chi connectivity index (χ0v) is 12.0. The van der Waals surface area contributed by atoms with Gasteiger partial charge in [0.15, 0.2) is 0 Å². The van der Waals surface area contributed by atoms with Crippen LogP contribution in [0, 0.1) is 17.3 Å². The van der Waals surface area contributed by atoms with Crippen molar-refractivity contribution in [3.63, 3.8) is 0 Å². The second kappa shape index (κ2) is 3.59. The summed E-state index contributed by atoms with van der Waals surface area (Å²) in [6, 6.07) is 6.06. The Morgan fingerprint density at radius 3 is 3.10 bits per heavy atom. The van der Waals surface area contributed by atoms with Crippen molar-refractivity contribution < 1.29 is 9.84 Å². The number of aryl methyl sites for hydroxylation is 1. The van der Waals surface area contributed by atoms with E-state index in [0.29, 0.717) is 23.4 Å². The minimum absolute atomic E-state index is 0.429. The van der Waals surface area contributed by atoms with E-state index < -0.39 is 0 Å². The summed E-state index contributed by atoms with van der Waals surface area (Å²) in [5, 5.41) is 9.70. The number of phenolic OH excluding ortho intramolecular Hbond substituents is 1. The number of ether oxygens (including phenoxy) is 1. The van der Waals surface area contributed by atoms with Gasteiger partial charge in [-0.05, 0) is 78.5 Å². The minimum atomic E-state index is 0.429. The van der Waals surface area contributed by atoms with E-state index >= 15 is 0 Å². The number of aromatic hydroxyl groups is 1. The van der Waals surface area contributed by atoms with Gasteiger partial charge in [-0.25, -0.2) is 0 Å². The van der Waals surface area contributed by atoms with Crippen molar-refractivity contribution in [1.29, 1.82) is 0 Å². The SMILES string of the molecule is C[C@]12CC[C@@H]3c4ccc(O)cc4CC[C@H]3[C@@H]1CC1O[C@H]12. The largest absolute Gasteiger partial charge is 0.508 e. The van der Waals surface area contributed by atoms with E-state index in [2.05, 4.69) is 13.0 Å². The molecule has 0 radical (unpaired) electrons. The second-order valence-corrected chi connectivity index (χ2v) is 7.67. The fourth-order valence-electron chi connectivity index (χ4n) is 5.87. The molecular formula is C18H22O2. The van der Waals surface area contributed by atoms with Crippen LogP contribution < -0.4 is 0 Å². The molecule has 106 valence electrons. The maximum absolute atomic E-state index is 9.70. The molecule has 0 amide bonds. The zero-order chi connectivity index (χ0) is 13.5. The topological polar surface area (TPSA) is 32.8 Å². The second-order valence-electron chi connectivity index (χ2n) is 7.67. The Bertz CT molecular complexity index is 581. The van der Waals surface area contributed by atoms with Crippen LogP contribution in [0.4, 0.5) is 0 Å². The fraction of sp³-hybridized carbons (Fsp3) is 0.667. The molecule has 5 rings (SSSR count). The number of fused-ring (bicyclic) bond motifs is 7. The first-order valence-corrected chi connectivity index (χ1v) is 8.14. The number of hydrogen-bond donors (Lipinski definition) is 1. The van der Waals surface area contributed by atoms with Crippen molar-refractivity contribution in [3.8, 4) is 5.75 Å². The van der Waals surface area contributed by atoms with Gasteiger partial charge in [0.2, 0.25) is 0 Å². The lowest BCUT2D eigenvalue weighted by Gasteiger charge is -2.49. The third-order valence-corrected chi connectivity index (χ3v) is 6.87. The molecule has 2 nitrogen and oxygen atoms in total. The summed E-state index contributed by atoms with van der Waals surface area (Å²) >= 11 is 0. The van der Waals surface area contributed by atoms with Gasteiger partial charge in [0.25, 0.3) is 0 Å². The molecule has 1 aromatic carbocycles. The summed E-state index contributed by atoms with van der Waals surface area (Å²) in [6.45, 7) is 2.48. The van der Waals surface area contributed by atoms with Crippen LogP contribution in [0.2, 0.25) is 0 Å².